The number of aromatic nitrogens is 1. The first-order valence-electron chi connectivity index (χ1n) is 7.68. The van der Waals surface area contributed by atoms with Gasteiger partial charge in [-0.2, -0.15) is 0 Å². The first-order valence-corrected chi connectivity index (χ1v) is 8.50. The molecule has 1 unspecified atom stereocenters. The van der Waals surface area contributed by atoms with Crippen LogP contribution < -0.4 is 9.47 Å². The van der Waals surface area contributed by atoms with Crippen LogP contribution in [0.1, 0.15) is 5.01 Å². The first-order chi connectivity index (χ1) is 11.7. The maximum atomic E-state index is 12.6. The van der Waals surface area contributed by atoms with Crippen LogP contribution >= 0.6 is 11.3 Å². The number of ether oxygens (including phenoxy) is 2. The van der Waals surface area contributed by atoms with Crippen LogP contribution in [0.3, 0.4) is 0 Å². The predicted octanol–water partition coefficient (Wildman–Crippen LogP) is 3.09. The van der Waals surface area contributed by atoms with Crippen LogP contribution in [0.2, 0.25) is 0 Å². The summed E-state index contributed by atoms with van der Waals surface area (Å²) in [5.41, 5.74) is 0.963. The van der Waals surface area contributed by atoms with Crippen molar-refractivity contribution in [2.24, 2.45) is 0 Å². The molecule has 5 nitrogen and oxygen atoms in total. The number of amides is 1. The SMILES string of the molecule is CN(Cc1nc2ccccc2s1)C(=O)C1COc2ccccc2O1. The molecule has 6 heteroatoms. The van der Waals surface area contributed by atoms with Gasteiger partial charge < -0.3 is 14.4 Å². The Morgan fingerprint density at radius 2 is 1.96 bits per heavy atom. The first kappa shape index (κ1) is 15.0. The number of fused-ring (bicyclic) bond motifs is 2. The van der Waals surface area contributed by atoms with E-state index in [4.69, 9.17) is 9.47 Å². The van der Waals surface area contributed by atoms with Gasteiger partial charge in [0.05, 0.1) is 16.8 Å². The van der Waals surface area contributed by atoms with Gasteiger partial charge in [0.2, 0.25) is 6.10 Å². The monoisotopic (exact) mass is 340 g/mol. The summed E-state index contributed by atoms with van der Waals surface area (Å²) in [6, 6.07) is 15.3. The molecule has 1 atom stereocenters. The topological polar surface area (TPSA) is 51.7 Å². The van der Waals surface area contributed by atoms with Gasteiger partial charge >= 0.3 is 0 Å². The number of hydrogen-bond donors (Lipinski definition) is 0. The number of para-hydroxylation sites is 3. The number of hydrogen-bond acceptors (Lipinski definition) is 5. The highest BCUT2D eigenvalue weighted by atomic mass is 32.1. The molecule has 0 radical (unpaired) electrons. The minimum absolute atomic E-state index is 0.108. The molecule has 2 heterocycles. The van der Waals surface area contributed by atoms with Gasteiger partial charge in [-0.15, -0.1) is 11.3 Å². The largest absolute Gasteiger partial charge is 0.485 e. The van der Waals surface area contributed by atoms with E-state index < -0.39 is 6.10 Å². The Bertz CT molecular complexity index is 860. The molecule has 0 saturated heterocycles. The molecule has 0 bridgehead atoms. The van der Waals surface area contributed by atoms with Crippen molar-refractivity contribution >= 4 is 27.5 Å². The lowest BCUT2D eigenvalue weighted by Gasteiger charge is -2.28. The third kappa shape index (κ3) is 2.80. The zero-order valence-corrected chi connectivity index (χ0v) is 14.0. The average molecular weight is 340 g/mol. The zero-order chi connectivity index (χ0) is 16.5. The highest BCUT2D eigenvalue weighted by Crippen LogP contribution is 2.31. The number of benzene rings is 2. The lowest BCUT2D eigenvalue weighted by Crippen LogP contribution is -2.44. The smallest absolute Gasteiger partial charge is 0.267 e. The van der Waals surface area contributed by atoms with E-state index in [0.29, 0.717) is 18.0 Å². The molecular weight excluding hydrogens is 324 g/mol. The second-order valence-electron chi connectivity index (χ2n) is 5.63. The molecule has 4 rings (SSSR count). The van der Waals surface area contributed by atoms with E-state index in [1.165, 1.54) is 0 Å². The quantitative estimate of drug-likeness (QED) is 0.735. The van der Waals surface area contributed by atoms with E-state index >= 15 is 0 Å². The fourth-order valence-corrected chi connectivity index (χ4v) is 3.68. The molecule has 0 saturated carbocycles. The second-order valence-corrected chi connectivity index (χ2v) is 6.75. The van der Waals surface area contributed by atoms with Crippen LogP contribution in [0.15, 0.2) is 48.5 Å². The van der Waals surface area contributed by atoms with Gasteiger partial charge in [-0.05, 0) is 24.3 Å². The maximum absolute atomic E-state index is 12.6. The van der Waals surface area contributed by atoms with Crippen molar-refractivity contribution in [1.29, 1.82) is 0 Å². The number of carbonyl (C=O) groups is 1. The van der Waals surface area contributed by atoms with Gasteiger partial charge in [0.15, 0.2) is 11.5 Å². The maximum Gasteiger partial charge on any atom is 0.267 e. The fraction of sp³-hybridized carbons (Fsp3) is 0.222. The van der Waals surface area contributed by atoms with Crippen molar-refractivity contribution in [2.75, 3.05) is 13.7 Å². The lowest BCUT2D eigenvalue weighted by atomic mass is 10.2. The van der Waals surface area contributed by atoms with E-state index in [-0.39, 0.29) is 12.5 Å². The van der Waals surface area contributed by atoms with Gasteiger partial charge in [-0.1, -0.05) is 24.3 Å². The van der Waals surface area contributed by atoms with E-state index in [0.717, 1.165) is 15.2 Å². The molecule has 1 aliphatic heterocycles. The summed E-state index contributed by atoms with van der Waals surface area (Å²) in [5, 5.41) is 0.907. The van der Waals surface area contributed by atoms with E-state index in [2.05, 4.69) is 4.98 Å². The fourth-order valence-electron chi connectivity index (χ4n) is 2.66. The molecule has 1 aromatic heterocycles. The molecular formula is C18H16N2O3S. The van der Waals surface area contributed by atoms with E-state index in [9.17, 15) is 4.79 Å². The Hall–Kier alpha value is -2.60. The minimum atomic E-state index is -0.626. The number of likely N-dealkylation sites (N-methyl/N-ethyl adjacent to an activating group) is 1. The summed E-state index contributed by atoms with van der Waals surface area (Å²) in [5.74, 6) is 1.18. The van der Waals surface area contributed by atoms with Crippen LogP contribution in [0.5, 0.6) is 11.5 Å². The van der Waals surface area contributed by atoms with E-state index in [1.54, 1.807) is 23.3 Å². The van der Waals surface area contributed by atoms with Gasteiger partial charge in [-0.3, -0.25) is 4.79 Å². The molecule has 1 amide bonds. The van der Waals surface area contributed by atoms with Crippen LogP contribution in [0.4, 0.5) is 0 Å². The summed E-state index contributed by atoms with van der Waals surface area (Å²) in [7, 11) is 1.76. The molecule has 122 valence electrons. The van der Waals surface area contributed by atoms with Crippen LogP contribution in [-0.2, 0) is 11.3 Å². The number of rotatable bonds is 3. The normalized spacial score (nSPS) is 16.1. The molecule has 2 aromatic carbocycles. The van der Waals surface area contributed by atoms with Crippen LogP contribution in [-0.4, -0.2) is 35.5 Å². The van der Waals surface area contributed by atoms with Gasteiger partial charge in [0.1, 0.15) is 11.6 Å². The van der Waals surface area contributed by atoms with Crippen LogP contribution in [0.25, 0.3) is 10.2 Å². The van der Waals surface area contributed by atoms with E-state index in [1.807, 2.05) is 48.5 Å². The molecule has 0 fully saturated rings. The molecule has 0 aliphatic carbocycles. The summed E-state index contributed by atoms with van der Waals surface area (Å²) >= 11 is 1.60. The Balaban J connectivity index is 1.46. The van der Waals surface area contributed by atoms with Crippen molar-refractivity contribution < 1.29 is 14.3 Å². The van der Waals surface area contributed by atoms with Gasteiger partial charge in [0.25, 0.3) is 5.91 Å². The average Bonchev–Trinajstić information content (AvgIpc) is 3.02. The number of thiazole rings is 1. The van der Waals surface area contributed by atoms with Crippen molar-refractivity contribution in [1.82, 2.24) is 9.88 Å². The van der Waals surface area contributed by atoms with Crippen molar-refractivity contribution in [3.63, 3.8) is 0 Å². The summed E-state index contributed by atoms with van der Waals surface area (Å²) in [6.07, 6.45) is -0.626. The summed E-state index contributed by atoms with van der Waals surface area (Å²) in [4.78, 5) is 18.8. The molecule has 0 spiro atoms. The summed E-state index contributed by atoms with van der Waals surface area (Å²) in [6.45, 7) is 0.680. The molecule has 3 aromatic rings. The predicted molar refractivity (Wildman–Crippen MR) is 92.4 cm³/mol. The van der Waals surface area contributed by atoms with Crippen molar-refractivity contribution in [3.8, 4) is 11.5 Å². The standard InChI is InChI=1S/C18H16N2O3S/c1-20(10-17-19-12-6-2-5-9-16(12)24-17)18(21)15-11-22-13-7-3-4-8-14(13)23-15/h2-9,15H,10-11H2,1H3. The zero-order valence-electron chi connectivity index (χ0n) is 13.1. The lowest BCUT2D eigenvalue weighted by molar-refractivity contribution is -0.140. The molecule has 0 N–H and O–H groups in total. The molecule has 1 aliphatic rings. The summed E-state index contributed by atoms with van der Waals surface area (Å²) < 4.78 is 12.5. The highest BCUT2D eigenvalue weighted by Gasteiger charge is 2.30. The van der Waals surface area contributed by atoms with Crippen LogP contribution in [0, 0.1) is 0 Å². The Labute approximate surface area is 143 Å². The van der Waals surface area contributed by atoms with Gasteiger partial charge in [0, 0.05) is 7.05 Å². The Kier molecular flexibility index (Phi) is 3.82. The van der Waals surface area contributed by atoms with Crippen molar-refractivity contribution in [2.45, 2.75) is 12.6 Å². The number of carbonyl (C=O) groups excluding carboxylic acids is 1. The molecule has 24 heavy (non-hydrogen) atoms. The third-order valence-corrected chi connectivity index (χ3v) is 4.89. The number of nitrogens with zero attached hydrogens (tertiary/aromatic N) is 2. The Morgan fingerprint density at radius 1 is 1.21 bits per heavy atom. The highest BCUT2D eigenvalue weighted by molar-refractivity contribution is 7.18. The Morgan fingerprint density at radius 3 is 2.79 bits per heavy atom. The second kappa shape index (κ2) is 6.13. The van der Waals surface area contributed by atoms with Gasteiger partial charge in [-0.25, -0.2) is 4.98 Å². The van der Waals surface area contributed by atoms with Crippen molar-refractivity contribution in [3.05, 3.63) is 53.5 Å². The third-order valence-electron chi connectivity index (χ3n) is 3.87. The minimum Gasteiger partial charge on any atom is -0.485 e.